The van der Waals surface area contributed by atoms with E-state index in [4.69, 9.17) is 31.9 Å². The van der Waals surface area contributed by atoms with Crippen molar-refractivity contribution in [2.75, 3.05) is 24.6 Å². The third-order valence-electron chi connectivity index (χ3n) is 5.99. The Kier molecular flexibility index (Phi) is 17.6. The second-order valence-electron chi connectivity index (χ2n) is 9.81. The molecule has 0 aromatic heterocycles. The van der Waals surface area contributed by atoms with Crippen LogP contribution in [0.3, 0.4) is 0 Å². The van der Waals surface area contributed by atoms with E-state index in [9.17, 15) is 48.6 Å². The molecule has 0 saturated carbocycles. The van der Waals surface area contributed by atoms with Crippen molar-refractivity contribution in [3.63, 3.8) is 0 Å². The number of phenolic OH excluding ortho intramolecular Hbond substituents is 2. The topological polar surface area (TPSA) is 358 Å². The first-order valence-corrected chi connectivity index (χ1v) is 15.7. The summed E-state index contributed by atoms with van der Waals surface area (Å²) in [7, 11) is 0. The molecule has 0 aliphatic rings. The maximum absolute atomic E-state index is 12.7. The van der Waals surface area contributed by atoms with Gasteiger partial charge in [-0.25, -0.2) is 0 Å². The summed E-state index contributed by atoms with van der Waals surface area (Å²) in [5.41, 5.74) is 10.8. The zero-order chi connectivity index (χ0) is 36.6. The molecular formula is C26H36N6O14S2. The van der Waals surface area contributed by atoms with Crippen LogP contribution < -0.4 is 32.7 Å². The van der Waals surface area contributed by atoms with Crippen LogP contribution in [0.4, 0.5) is 0 Å². The number of phenols is 2. The lowest BCUT2D eigenvalue weighted by Crippen LogP contribution is -2.49. The number of nitrogens with two attached hydrogens (primary N) is 2. The number of aromatic hydroxyl groups is 2. The maximum Gasteiger partial charge on any atom is 0.322 e. The van der Waals surface area contributed by atoms with E-state index in [0.29, 0.717) is 0 Å². The molecule has 22 heteroatoms. The van der Waals surface area contributed by atoms with Crippen LogP contribution in [0.2, 0.25) is 0 Å². The summed E-state index contributed by atoms with van der Waals surface area (Å²) in [4.78, 5) is 94.0. The third-order valence-corrected chi connectivity index (χ3v) is 8.52. The van der Waals surface area contributed by atoms with Crippen molar-refractivity contribution in [2.45, 2.75) is 59.6 Å². The smallest absolute Gasteiger partial charge is 0.322 e. The standard InChI is InChI=1S/C26H36N6O14S2/c27-11(25(43)44)1-5-17(35)31-13(23(41)29-7-19(37)38)9-47-21-15(33)3-4-16(34)22(21)48-10-14(24(42)30-8-20(39)40)32-18(36)6-2-12(28)26(45)46/h3-4,11-14,33-34H,1-2,5-10,27-28H2,(H,29,41)(H,30,42)(H,31,35)(H,32,36)(H,37,38)(H,39,40)(H,43,44)(H,45,46)/t11-,12-,13-,14-/m0/s1. The number of benzene rings is 1. The van der Waals surface area contributed by atoms with E-state index in [-0.39, 0.29) is 34.1 Å². The summed E-state index contributed by atoms with van der Waals surface area (Å²) in [6, 6.07) is -3.41. The SMILES string of the molecule is N[C@@H](CCC(=O)N[C@@H](CSc1c(O)ccc(O)c1SC[C@H](NC(=O)CC[C@H](N)C(=O)O)C(=O)NCC(=O)O)C(=O)NCC(=O)O)C(=O)O. The number of carboxylic acid groups (broad SMARTS) is 4. The number of aliphatic carboxylic acids is 4. The summed E-state index contributed by atoms with van der Waals surface area (Å²) in [6.07, 6.45) is -1.37. The Hall–Kier alpha value is -4.80. The summed E-state index contributed by atoms with van der Waals surface area (Å²) in [5.74, 6) is -10.6. The molecule has 48 heavy (non-hydrogen) atoms. The van der Waals surface area contributed by atoms with E-state index in [2.05, 4.69) is 21.3 Å². The van der Waals surface area contributed by atoms with E-state index < -0.39 is 109 Å². The average Bonchev–Trinajstić information content (AvgIpc) is 3.01. The molecule has 0 radical (unpaired) electrons. The zero-order valence-electron chi connectivity index (χ0n) is 25.0. The van der Waals surface area contributed by atoms with Gasteiger partial charge in [-0.1, -0.05) is 0 Å². The van der Waals surface area contributed by atoms with Crippen molar-refractivity contribution in [2.24, 2.45) is 11.5 Å². The van der Waals surface area contributed by atoms with Gasteiger partial charge in [0.05, 0.1) is 9.79 Å². The van der Waals surface area contributed by atoms with Crippen LogP contribution in [0.15, 0.2) is 21.9 Å². The van der Waals surface area contributed by atoms with Gasteiger partial charge in [0.15, 0.2) is 0 Å². The van der Waals surface area contributed by atoms with Crippen LogP contribution in [0, 0.1) is 0 Å². The van der Waals surface area contributed by atoms with E-state index in [1.807, 2.05) is 0 Å². The largest absolute Gasteiger partial charge is 0.507 e. The molecule has 4 amide bonds. The Labute approximate surface area is 280 Å². The molecular weight excluding hydrogens is 684 g/mol. The van der Waals surface area contributed by atoms with Gasteiger partial charge in [0.25, 0.3) is 0 Å². The van der Waals surface area contributed by atoms with Crippen LogP contribution in [0.1, 0.15) is 25.7 Å². The van der Waals surface area contributed by atoms with Crippen LogP contribution in [0.25, 0.3) is 0 Å². The monoisotopic (exact) mass is 720 g/mol. The molecule has 0 aliphatic carbocycles. The number of hydrogen-bond acceptors (Lipinski definition) is 14. The molecule has 20 nitrogen and oxygen atoms in total. The number of carboxylic acids is 4. The lowest BCUT2D eigenvalue weighted by molar-refractivity contribution is -0.140. The maximum atomic E-state index is 12.7. The summed E-state index contributed by atoms with van der Waals surface area (Å²) >= 11 is 1.45. The highest BCUT2D eigenvalue weighted by Gasteiger charge is 2.27. The minimum atomic E-state index is -1.44. The molecule has 266 valence electrons. The highest BCUT2D eigenvalue weighted by Crippen LogP contribution is 2.43. The average molecular weight is 721 g/mol. The fraction of sp³-hybridized carbons (Fsp3) is 0.462. The number of carbonyl (C=O) groups excluding carboxylic acids is 4. The van der Waals surface area contributed by atoms with Crippen molar-refractivity contribution in [1.82, 2.24) is 21.3 Å². The van der Waals surface area contributed by atoms with Gasteiger partial charge < -0.3 is 63.4 Å². The summed E-state index contributed by atoms with van der Waals surface area (Å²) < 4.78 is 0. The lowest BCUT2D eigenvalue weighted by atomic mass is 10.1. The molecule has 0 aliphatic heterocycles. The van der Waals surface area contributed by atoms with Gasteiger partial charge >= 0.3 is 23.9 Å². The summed E-state index contributed by atoms with van der Waals surface area (Å²) in [5, 5.41) is 65.7. The van der Waals surface area contributed by atoms with Gasteiger partial charge in [0.1, 0.15) is 48.8 Å². The number of nitrogens with one attached hydrogen (secondary N) is 4. The normalized spacial score (nSPS) is 13.2. The van der Waals surface area contributed by atoms with Crippen molar-refractivity contribution >= 4 is 71.0 Å². The molecule has 0 fully saturated rings. The summed E-state index contributed by atoms with van der Waals surface area (Å²) in [6.45, 7) is -1.62. The second-order valence-corrected chi connectivity index (χ2v) is 11.9. The van der Waals surface area contributed by atoms with Gasteiger partial charge in [-0.05, 0) is 25.0 Å². The number of carbonyl (C=O) groups is 8. The number of hydrogen-bond donors (Lipinski definition) is 12. The number of thioether (sulfide) groups is 2. The third kappa shape index (κ3) is 15.2. The Morgan fingerprint density at radius 3 is 1.25 bits per heavy atom. The first kappa shape index (κ1) is 41.2. The van der Waals surface area contributed by atoms with Crippen molar-refractivity contribution in [1.29, 1.82) is 0 Å². The van der Waals surface area contributed by atoms with Gasteiger partial charge in [-0.2, -0.15) is 0 Å². The fourth-order valence-electron chi connectivity index (χ4n) is 3.44. The van der Waals surface area contributed by atoms with Crippen LogP contribution in [0.5, 0.6) is 11.5 Å². The van der Waals surface area contributed by atoms with Crippen LogP contribution in [-0.2, 0) is 38.4 Å². The first-order chi connectivity index (χ1) is 22.4. The number of amides is 4. The van der Waals surface area contributed by atoms with Crippen molar-refractivity contribution in [3.05, 3.63) is 12.1 Å². The van der Waals surface area contributed by atoms with Crippen molar-refractivity contribution < 1.29 is 69.0 Å². The Morgan fingerprint density at radius 1 is 0.625 bits per heavy atom. The molecule has 0 bridgehead atoms. The minimum Gasteiger partial charge on any atom is -0.507 e. The van der Waals surface area contributed by atoms with E-state index in [1.54, 1.807) is 0 Å². The lowest BCUT2D eigenvalue weighted by Gasteiger charge is -2.21. The van der Waals surface area contributed by atoms with E-state index in [0.717, 1.165) is 35.7 Å². The second kappa shape index (κ2) is 20.4. The molecule has 0 heterocycles. The molecule has 0 unspecified atom stereocenters. The molecule has 1 aromatic carbocycles. The minimum absolute atomic E-state index is 0.0679. The molecule has 1 rings (SSSR count). The Balaban J connectivity index is 3.21. The predicted octanol–water partition coefficient (Wildman–Crippen LogP) is -2.96. The quantitative estimate of drug-likeness (QED) is 0.0420. The van der Waals surface area contributed by atoms with Gasteiger partial charge in [0.2, 0.25) is 23.6 Å². The highest BCUT2D eigenvalue weighted by molar-refractivity contribution is 8.02. The van der Waals surface area contributed by atoms with Gasteiger partial charge in [-0.3, -0.25) is 38.4 Å². The molecule has 0 spiro atoms. The molecule has 14 N–H and O–H groups in total. The molecule has 0 saturated heterocycles. The molecule has 4 atom stereocenters. The van der Waals surface area contributed by atoms with E-state index in [1.165, 1.54) is 0 Å². The molecule has 1 aromatic rings. The fourth-order valence-corrected chi connectivity index (χ4v) is 5.84. The van der Waals surface area contributed by atoms with Gasteiger partial charge in [-0.15, -0.1) is 23.5 Å². The Bertz CT molecular complexity index is 1280. The highest BCUT2D eigenvalue weighted by atomic mass is 32.2. The van der Waals surface area contributed by atoms with Gasteiger partial charge in [0, 0.05) is 24.3 Å². The number of rotatable bonds is 22. The first-order valence-electron chi connectivity index (χ1n) is 13.8. The van der Waals surface area contributed by atoms with Crippen LogP contribution in [-0.4, -0.2) is 127 Å². The van der Waals surface area contributed by atoms with Crippen LogP contribution >= 0.6 is 23.5 Å². The van der Waals surface area contributed by atoms with E-state index >= 15 is 0 Å². The predicted molar refractivity (Wildman–Crippen MR) is 166 cm³/mol. The van der Waals surface area contributed by atoms with Crippen molar-refractivity contribution in [3.8, 4) is 11.5 Å². The zero-order valence-corrected chi connectivity index (χ0v) is 26.7. The Morgan fingerprint density at radius 2 is 0.958 bits per heavy atom.